The number of benzene rings is 4. The van der Waals surface area contributed by atoms with Crippen molar-refractivity contribution in [1.82, 2.24) is 40.1 Å². The minimum Gasteiger partial charge on any atom is -0.444 e. The van der Waals surface area contributed by atoms with Crippen LogP contribution in [0.15, 0.2) is 122 Å². The number of carbonyl (C=O) groups is 3. The molecule has 18 heteroatoms. The summed E-state index contributed by atoms with van der Waals surface area (Å²) >= 11 is 12.9. The van der Waals surface area contributed by atoms with Crippen LogP contribution in [0.2, 0.25) is 10.0 Å². The van der Waals surface area contributed by atoms with E-state index in [0.29, 0.717) is 64.9 Å². The van der Waals surface area contributed by atoms with Crippen molar-refractivity contribution in [3.8, 4) is 22.5 Å². The van der Waals surface area contributed by atoms with Gasteiger partial charge in [-0.2, -0.15) is 0 Å². The van der Waals surface area contributed by atoms with Crippen molar-refractivity contribution in [2.45, 2.75) is 52.1 Å². The Morgan fingerprint density at radius 3 is 1.55 bits per heavy atom. The van der Waals surface area contributed by atoms with Crippen LogP contribution in [0.5, 0.6) is 0 Å². The smallest absolute Gasteiger partial charge is 0.410 e. The molecule has 2 aliphatic heterocycles. The highest BCUT2D eigenvalue weighted by atomic mass is 35.5. The van der Waals surface area contributed by atoms with Gasteiger partial charge in [-0.05, 0) is 108 Å². The van der Waals surface area contributed by atoms with E-state index in [2.05, 4.69) is 56.5 Å². The minimum atomic E-state index is -0.542. The molecule has 0 saturated carbocycles. The summed E-state index contributed by atoms with van der Waals surface area (Å²) in [5.41, 5.74) is 7.44. The number of rotatable bonds is 10. The van der Waals surface area contributed by atoms with Gasteiger partial charge in [0.05, 0.1) is 33.8 Å². The molecule has 4 aromatic carbocycles. The monoisotopic (exact) mass is 992 g/mol. The number of aromatic amines is 2. The van der Waals surface area contributed by atoms with E-state index in [4.69, 9.17) is 27.9 Å². The lowest BCUT2D eigenvalue weighted by Gasteiger charge is -2.32. The Bertz CT molecular complexity index is 3190. The lowest BCUT2D eigenvalue weighted by Crippen LogP contribution is -2.43. The molecule has 4 aromatic heterocycles. The molecule has 16 nitrogen and oxygen atoms in total. The van der Waals surface area contributed by atoms with Crippen LogP contribution in [0.25, 0.3) is 44.3 Å². The molecular formula is C53H54Cl2N12O4. The summed E-state index contributed by atoms with van der Waals surface area (Å²) in [5, 5.41) is 18.7. The number of hydrogen-bond donors (Lipinski definition) is 7. The maximum atomic E-state index is 13.0. The first-order valence-corrected chi connectivity index (χ1v) is 24.3. The number of hydrogen-bond acceptors (Lipinski definition) is 11. The van der Waals surface area contributed by atoms with Gasteiger partial charge in [0.2, 0.25) is 23.7 Å². The zero-order chi connectivity index (χ0) is 49.5. The van der Waals surface area contributed by atoms with Gasteiger partial charge in [-0.1, -0.05) is 71.7 Å². The topological polar surface area (TPSA) is 207 Å². The van der Waals surface area contributed by atoms with Gasteiger partial charge in [0.15, 0.2) is 0 Å². The van der Waals surface area contributed by atoms with Crippen molar-refractivity contribution >= 4 is 97.6 Å². The first-order chi connectivity index (χ1) is 34.3. The van der Waals surface area contributed by atoms with E-state index in [-0.39, 0.29) is 29.7 Å². The molecule has 0 aliphatic carbocycles. The summed E-state index contributed by atoms with van der Waals surface area (Å²) in [4.78, 5) is 64.0. The summed E-state index contributed by atoms with van der Waals surface area (Å²) in [6, 6.07) is 30.9. The van der Waals surface area contributed by atoms with E-state index in [1.807, 2.05) is 130 Å². The van der Waals surface area contributed by atoms with E-state index in [1.165, 1.54) is 0 Å². The molecule has 0 spiro atoms. The molecule has 7 N–H and O–H groups in total. The van der Waals surface area contributed by atoms with Crippen molar-refractivity contribution in [3.05, 3.63) is 132 Å². The summed E-state index contributed by atoms with van der Waals surface area (Å²) in [7, 11) is 0. The third-order valence-electron chi connectivity index (χ3n) is 12.2. The predicted molar refractivity (Wildman–Crippen MR) is 282 cm³/mol. The number of ether oxygens (including phenoxy) is 1. The van der Waals surface area contributed by atoms with Crippen molar-refractivity contribution < 1.29 is 19.1 Å². The molecule has 2 aliphatic rings. The highest BCUT2D eigenvalue weighted by Crippen LogP contribution is 2.35. The van der Waals surface area contributed by atoms with Gasteiger partial charge in [-0.15, -0.1) is 0 Å². The fraction of sp³-hybridized carbons (Fsp3) is 0.264. The lowest BCUT2D eigenvalue weighted by molar-refractivity contribution is -0.121. The Morgan fingerprint density at radius 1 is 0.620 bits per heavy atom. The molecule has 364 valence electrons. The van der Waals surface area contributed by atoms with E-state index in [1.54, 1.807) is 17.3 Å². The average molecular weight is 994 g/mol. The van der Waals surface area contributed by atoms with Crippen molar-refractivity contribution in [2.24, 2.45) is 11.8 Å². The number of H-pyrrole nitrogens is 2. The highest BCUT2D eigenvalue weighted by molar-refractivity contribution is 6.33. The number of aromatic nitrogens is 6. The Labute approximate surface area is 420 Å². The number of para-hydroxylation sites is 2. The maximum absolute atomic E-state index is 13.0. The fourth-order valence-corrected chi connectivity index (χ4v) is 8.98. The maximum Gasteiger partial charge on any atom is 0.410 e. The number of fused-ring (bicyclic) bond motifs is 2. The van der Waals surface area contributed by atoms with Crippen molar-refractivity contribution in [3.63, 3.8) is 0 Å². The molecule has 10 rings (SSSR count). The van der Waals surface area contributed by atoms with Gasteiger partial charge >= 0.3 is 6.09 Å². The zero-order valence-corrected chi connectivity index (χ0v) is 41.0. The van der Waals surface area contributed by atoms with Crippen LogP contribution in [0.4, 0.5) is 39.4 Å². The van der Waals surface area contributed by atoms with E-state index in [9.17, 15) is 14.4 Å². The van der Waals surface area contributed by atoms with Gasteiger partial charge in [0.1, 0.15) is 5.60 Å². The van der Waals surface area contributed by atoms with Crippen LogP contribution in [0.1, 0.15) is 46.5 Å². The normalized spacial score (nSPS) is 14.4. The molecule has 2 saturated heterocycles. The third-order valence-corrected chi connectivity index (χ3v) is 12.7. The largest absolute Gasteiger partial charge is 0.444 e. The standard InChI is InChI=1S/C29H31ClN6O3.C24H23ClN6O/c1-29(2,3)39-28(38)36-13-11-18(12-14-36)26(37)33-19-7-6-8-20(15-19)34-27-32-17-23(30)25(35-27)22-16-31-24-10-5-4-9-21(22)24;25-20-14-28-24(31-22(20)19-13-27-21-7-2-1-6-18(19)21)30-17-5-3-4-16(12-17)29-23(32)15-8-10-26-11-9-15/h4-10,15-18,31H,11-14H2,1-3H3,(H,33,37)(H,32,34,35);1-7,12-15,26-27H,8-11H2,(H,29,32)(H,28,30,31). The molecule has 0 radical (unpaired) electrons. The van der Waals surface area contributed by atoms with Crippen LogP contribution >= 0.6 is 23.2 Å². The number of carbonyl (C=O) groups excluding carboxylic acids is 3. The summed E-state index contributed by atoms with van der Waals surface area (Å²) in [5.74, 6) is 0.674. The highest BCUT2D eigenvalue weighted by Gasteiger charge is 2.30. The van der Waals surface area contributed by atoms with E-state index >= 15 is 0 Å². The number of piperidine rings is 2. The Hall–Kier alpha value is -7.53. The fourth-order valence-electron chi connectivity index (χ4n) is 8.60. The average Bonchev–Trinajstić information content (AvgIpc) is 4.00. The molecular weight excluding hydrogens is 940 g/mol. The Morgan fingerprint density at radius 2 is 1.07 bits per heavy atom. The Balaban J connectivity index is 0.000000179. The number of nitrogens with one attached hydrogen (secondary N) is 7. The van der Waals surface area contributed by atoms with Gasteiger partial charge < -0.3 is 46.2 Å². The second kappa shape index (κ2) is 21.6. The Kier molecular flexibility index (Phi) is 14.8. The summed E-state index contributed by atoms with van der Waals surface area (Å²) < 4.78 is 5.44. The quantitative estimate of drug-likeness (QED) is 0.0686. The van der Waals surface area contributed by atoms with Crippen LogP contribution < -0.4 is 26.6 Å². The molecule has 6 heterocycles. The second-order valence-electron chi connectivity index (χ2n) is 18.4. The van der Waals surface area contributed by atoms with E-state index < -0.39 is 5.60 Å². The third kappa shape index (κ3) is 12.1. The number of halogens is 2. The van der Waals surface area contributed by atoms with Crippen molar-refractivity contribution in [2.75, 3.05) is 47.4 Å². The molecule has 2 fully saturated rings. The lowest BCUT2D eigenvalue weighted by atomic mass is 9.96. The van der Waals surface area contributed by atoms with E-state index in [0.717, 1.165) is 75.9 Å². The first-order valence-electron chi connectivity index (χ1n) is 23.6. The number of nitrogens with zero attached hydrogens (tertiary/aromatic N) is 5. The van der Waals surface area contributed by atoms with Gasteiger partial charge in [0, 0.05) is 93.0 Å². The molecule has 0 atom stereocenters. The molecule has 8 aromatic rings. The minimum absolute atomic E-state index is 0.0474. The van der Waals surface area contributed by atoms with Crippen molar-refractivity contribution in [1.29, 1.82) is 0 Å². The van der Waals surface area contributed by atoms with Gasteiger partial charge in [-0.3, -0.25) is 9.59 Å². The summed E-state index contributed by atoms with van der Waals surface area (Å²) in [6.07, 6.45) is 9.50. The van der Waals surface area contributed by atoms with Crippen LogP contribution in [-0.4, -0.2) is 84.5 Å². The van der Waals surface area contributed by atoms with Crippen LogP contribution in [-0.2, 0) is 14.3 Å². The number of amides is 3. The zero-order valence-electron chi connectivity index (χ0n) is 39.5. The molecule has 0 bridgehead atoms. The predicted octanol–water partition coefficient (Wildman–Crippen LogP) is 11.6. The number of likely N-dealkylation sites (tertiary alicyclic amines) is 1. The van der Waals surface area contributed by atoms with Crippen LogP contribution in [0, 0.1) is 11.8 Å². The molecule has 3 amide bonds. The second-order valence-corrected chi connectivity index (χ2v) is 19.2. The number of anilines is 6. The molecule has 71 heavy (non-hydrogen) atoms. The first kappa shape index (κ1) is 48.5. The SMILES string of the molecule is CC(C)(C)OC(=O)N1CCC(C(=O)Nc2cccc(Nc3ncc(Cl)c(-c4c[nH]c5ccccc45)n3)c2)CC1.O=C(Nc1cccc(Nc2ncc(Cl)c(-c3c[nH]c4ccccc34)n2)c1)C1CCNCC1. The van der Waals surface area contributed by atoms with Gasteiger partial charge in [0.25, 0.3) is 0 Å². The molecule has 0 unspecified atom stereocenters. The summed E-state index contributed by atoms with van der Waals surface area (Å²) in [6.45, 7) is 8.27. The van der Waals surface area contributed by atoms with Gasteiger partial charge in [-0.25, -0.2) is 24.7 Å². The van der Waals surface area contributed by atoms with Crippen LogP contribution in [0.3, 0.4) is 0 Å².